The summed E-state index contributed by atoms with van der Waals surface area (Å²) in [6.07, 6.45) is 3.90. The SMILES string of the molecule is CN1CCC(CNc2ncnc(N)c2C(=N)c2ccc3cc(OC4COC4)ccc3c2)CC1. The highest BCUT2D eigenvalue weighted by Gasteiger charge is 2.21. The van der Waals surface area contributed by atoms with Gasteiger partial charge in [0, 0.05) is 12.1 Å². The van der Waals surface area contributed by atoms with Crippen molar-refractivity contribution in [2.24, 2.45) is 5.92 Å². The molecule has 0 unspecified atom stereocenters. The largest absolute Gasteiger partial charge is 0.486 e. The van der Waals surface area contributed by atoms with Gasteiger partial charge in [0.2, 0.25) is 0 Å². The predicted octanol–water partition coefficient (Wildman–Crippen LogP) is 3.16. The molecule has 1 aromatic heterocycles. The van der Waals surface area contributed by atoms with Gasteiger partial charge in [0.25, 0.3) is 0 Å². The van der Waals surface area contributed by atoms with E-state index in [-0.39, 0.29) is 6.10 Å². The van der Waals surface area contributed by atoms with E-state index in [1.165, 1.54) is 6.33 Å². The minimum absolute atomic E-state index is 0.136. The van der Waals surface area contributed by atoms with E-state index in [1.807, 2.05) is 36.4 Å². The molecular weight excluding hydrogens is 416 g/mol. The number of nitrogens with one attached hydrogen (secondary N) is 2. The Balaban J connectivity index is 1.35. The molecule has 2 aliphatic heterocycles. The number of aromatic nitrogens is 2. The van der Waals surface area contributed by atoms with Crippen molar-refractivity contribution in [1.29, 1.82) is 5.41 Å². The maximum atomic E-state index is 8.90. The van der Waals surface area contributed by atoms with Gasteiger partial charge in [-0.15, -0.1) is 0 Å². The highest BCUT2D eigenvalue weighted by molar-refractivity contribution is 6.17. The van der Waals surface area contributed by atoms with Crippen molar-refractivity contribution in [3.63, 3.8) is 0 Å². The number of hydrogen-bond donors (Lipinski definition) is 3. The molecule has 2 fully saturated rings. The molecule has 0 amide bonds. The number of ether oxygens (including phenoxy) is 2. The molecule has 2 saturated heterocycles. The van der Waals surface area contributed by atoms with E-state index in [2.05, 4.69) is 27.2 Å². The second-order valence-electron chi connectivity index (χ2n) is 8.99. The van der Waals surface area contributed by atoms with Crippen molar-refractivity contribution < 1.29 is 9.47 Å². The molecule has 0 atom stereocenters. The molecule has 8 heteroatoms. The lowest BCUT2D eigenvalue weighted by Crippen LogP contribution is -2.38. The van der Waals surface area contributed by atoms with Gasteiger partial charge >= 0.3 is 0 Å². The van der Waals surface area contributed by atoms with Gasteiger partial charge in [-0.2, -0.15) is 0 Å². The number of benzene rings is 2. The molecular formula is C25H30N6O2. The van der Waals surface area contributed by atoms with Crippen molar-refractivity contribution in [2.75, 3.05) is 50.9 Å². The molecule has 0 radical (unpaired) electrons. The third-order valence-electron chi connectivity index (χ3n) is 6.53. The molecule has 8 nitrogen and oxygen atoms in total. The standard InChI is InChI=1S/C25H30N6O2/c1-31-8-6-16(7-9-31)12-28-25-22(24(27)29-15-30-25)23(26)19-3-2-18-11-20(5-4-17(18)10-19)33-21-13-32-14-21/h2-5,10-11,15-16,21,26H,6-9,12-14H2,1H3,(H3,27,28,29,30). The molecule has 3 heterocycles. The summed E-state index contributed by atoms with van der Waals surface area (Å²) in [5.41, 5.74) is 7.85. The van der Waals surface area contributed by atoms with Crippen LogP contribution in [0.25, 0.3) is 10.8 Å². The number of anilines is 2. The Bertz CT molecular complexity index is 1150. The molecule has 0 spiro atoms. The van der Waals surface area contributed by atoms with Gasteiger partial charge in [-0.1, -0.05) is 18.2 Å². The summed E-state index contributed by atoms with van der Waals surface area (Å²) in [6.45, 7) is 4.32. The van der Waals surface area contributed by atoms with Crippen LogP contribution >= 0.6 is 0 Å². The number of nitrogens with two attached hydrogens (primary N) is 1. The van der Waals surface area contributed by atoms with Gasteiger partial charge < -0.3 is 25.4 Å². The van der Waals surface area contributed by atoms with Crippen LogP contribution in [0.5, 0.6) is 5.75 Å². The monoisotopic (exact) mass is 446 g/mol. The van der Waals surface area contributed by atoms with Crippen molar-refractivity contribution in [3.05, 3.63) is 53.9 Å². The van der Waals surface area contributed by atoms with Crippen LogP contribution in [0.3, 0.4) is 0 Å². The van der Waals surface area contributed by atoms with Crippen LogP contribution in [0.15, 0.2) is 42.7 Å². The minimum Gasteiger partial charge on any atom is -0.486 e. The number of piperidine rings is 1. The van der Waals surface area contributed by atoms with Crippen LogP contribution in [0.1, 0.15) is 24.0 Å². The normalized spacial score (nSPS) is 17.6. The van der Waals surface area contributed by atoms with Crippen molar-refractivity contribution in [3.8, 4) is 5.75 Å². The van der Waals surface area contributed by atoms with Crippen LogP contribution < -0.4 is 15.8 Å². The molecule has 0 aliphatic carbocycles. The smallest absolute Gasteiger partial charge is 0.145 e. The van der Waals surface area contributed by atoms with Gasteiger partial charge in [-0.25, -0.2) is 9.97 Å². The zero-order chi connectivity index (χ0) is 22.8. The van der Waals surface area contributed by atoms with Gasteiger partial charge in [0.1, 0.15) is 29.8 Å². The highest BCUT2D eigenvalue weighted by Crippen LogP contribution is 2.27. The average molecular weight is 447 g/mol. The van der Waals surface area contributed by atoms with Crippen LogP contribution in [-0.2, 0) is 4.74 Å². The third-order valence-corrected chi connectivity index (χ3v) is 6.53. The molecule has 4 N–H and O–H groups in total. The van der Waals surface area contributed by atoms with Crippen molar-refractivity contribution >= 4 is 28.1 Å². The first kappa shape index (κ1) is 21.6. The maximum absolute atomic E-state index is 8.90. The number of rotatable bonds is 7. The van der Waals surface area contributed by atoms with Crippen LogP contribution in [0.4, 0.5) is 11.6 Å². The Kier molecular flexibility index (Phi) is 6.11. The van der Waals surface area contributed by atoms with E-state index in [1.54, 1.807) is 0 Å². The second-order valence-corrected chi connectivity index (χ2v) is 8.99. The number of hydrogen-bond acceptors (Lipinski definition) is 8. The molecule has 3 aromatic rings. The minimum atomic E-state index is 0.136. The molecule has 5 rings (SSSR count). The molecule has 0 saturated carbocycles. The zero-order valence-corrected chi connectivity index (χ0v) is 18.9. The Labute approximate surface area is 193 Å². The lowest BCUT2D eigenvalue weighted by atomic mass is 9.96. The quantitative estimate of drug-likeness (QED) is 0.478. The van der Waals surface area contributed by atoms with E-state index in [9.17, 15) is 0 Å². The first-order valence-electron chi connectivity index (χ1n) is 11.5. The van der Waals surface area contributed by atoms with Crippen LogP contribution in [-0.4, -0.2) is 66.6 Å². The van der Waals surface area contributed by atoms with Crippen molar-refractivity contribution in [1.82, 2.24) is 14.9 Å². The fraction of sp³-hybridized carbons (Fsp3) is 0.400. The Morgan fingerprint density at radius 1 is 1.15 bits per heavy atom. The summed E-state index contributed by atoms with van der Waals surface area (Å²) in [5, 5.41) is 14.4. The third kappa shape index (κ3) is 4.77. The van der Waals surface area contributed by atoms with E-state index in [0.29, 0.717) is 42.0 Å². The maximum Gasteiger partial charge on any atom is 0.145 e. The van der Waals surface area contributed by atoms with Gasteiger partial charge in [-0.05, 0) is 67.9 Å². The van der Waals surface area contributed by atoms with E-state index in [4.69, 9.17) is 20.6 Å². The predicted molar refractivity (Wildman–Crippen MR) is 130 cm³/mol. The molecule has 2 aliphatic rings. The van der Waals surface area contributed by atoms with Gasteiger partial charge in [-0.3, -0.25) is 5.41 Å². The summed E-state index contributed by atoms with van der Waals surface area (Å²) in [4.78, 5) is 10.9. The van der Waals surface area contributed by atoms with Crippen LogP contribution in [0, 0.1) is 11.3 Å². The Hall–Kier alpha value is -3.23. The number of fused-ring (bicyclic) bond motifs is 1. The molecule has 2 aromatic carbocycles. The number of nitrogens with zero attached hydrogens (tertiary/aromatic N) is 3. The number of nitrogen functional groups attached to an aromatic ring is 1. The average Bonchev–Trinajstić information content (AvgIpc) is 2.80. The lowest BCUT2D eigenvalue weighted by Gasteiger charge is -2.29. The van der Waals surface area contributed by atoms with Gasteiger partial charge in [0.15, 0.2) is 0 Å². The Morgan fingerprint density at radius 2 is 1.91 bits per heavy atom. The molecule has 172 valence electrons. The van der Waals surface area contributed by atoms with E-state index < -0.39 is 0 Å². The van der Waals surface area contributed by atoms with E-state index in [0.717, 1.165) is 54.6 Å². The molecule has 33 heavy (non-hydrogen) atoms. The van der Waals surface area contributed by atoms with Crippen LogP contribution in [0.2, 0.25) is 0 Å². The summed E-state index contributed by atoms with van der Waals surface area (Å²) in [7, 11) is 2.16. The lowest BCUT2D eigenvalue weighted by molar-refractivity contribution is -0.0796. The van der Waals surface area contributed by atoms with Gasteiger partial charge in [0.05, 0.1) is 24.5 Å². The fourth-order valence-electron chi connectivity index (χ4n) is 4.36. The highest BCUT2D eigenvalue weighted by atomic mass is 16.6. The summed E-state index contributed by atoms with van der Waals surface area (Å²) >= 11 is 0. The fourth-order valence-corrected chi connectivity index (χ4v) is 4.36. The number of likely N-dealkylation sites (tertiary alicyclic amines) is 1. The van der Waals surface area contributed by atoms with E-state index >= 15 is 0 Å². The second kappa shape index (κ2) is 9.33. The summed E-state index contributed by atoms with van der Waals surface area (Å²) < 4.78 is 11.1. The zero-order valence-electron chi connectivity index (χ0n) is 18.9. The topological polar surface area (TPSA) is 109 Å². The first-order valence-corrected chi connectivity index (χ1v) is 11.5. The summed E-state index contributed by atoms with van der Waals surface area (Å²) in [5.74, 6) is 2.35. The summed E-state index contributed by atoms with van der Waals surface area (Å²) in [6, 6.07) is 12.0. The molecule has 0 bridgehead atoms. The van der Waals surface area contributed by atoms with Crippen molar-refractivity contribution in [2.45, 2.75) is 18.9 Å². The first-order chi connectivity index (χ1) is 16.1. The Morgan fingerprint density at radius 3 is 2.67 bits per heavy atom.